The summed E-state index contributed by atoms with van der Waals surface area (Å²) < 4.78 is 22.4. The molecule has 0 heterocycles. The van der Waals surface area contributed by atoms with Gasteiger partial charge in [-0.3, -0.25) is 9.59 Å². The molecule has 0 spiro atoms. The molecule has 0 aliphatic heterocycles. The zero-order chi connectivity index (χ0) is 14.5. The van der Waals surface area contributed by atoms with E-state index in [0.717, 1.165) is 0 Å². The molecule has 0 atom stereocenters. The molecule has 0 saturated carbocycles. The number of aliphatic carboxylic acids is 1. The first-order valence-electron chi connectivity index (χ1n) is 5.13. The third-order valence-electron chi connectivity index (χ3n) is 2.13. The lowest BCUT2D eigenvalue weighted by molar-refractivity contribution is -0.138. The number of carboxylic acid groups (broad SMARTS) is 1. The highest BCUT2D eigenvalue weighted by atomic mass is 32.2. The third kappa shape index (κ3) is 4.66. The van der Waals surface area contributed by atoms with E-state index in [0.29, 0.717) is 5.69 Å². The zero-order valence-corrected chi connectivity index (χ0v) is 10.5. The Hall–Kier alpha value is -1.97. The van der Waals surface area contributed by atoms with Crippen molar-refractivity contribution < 1.29 is 28.3 Å². The first kappa shape index (κ1) is 15.1. The van der Waals surface area contributed by atoms with Crippen LogP contribution >= 0.6 is 0 Å². The third-order valence-corrected chi connectivity index (χ3v) is 3.27. The average molecular weight is 288 g/mol. The van der Waals surface area contributed by atoms with Crippen LogP contribution in [-0.4, -0.2) is 30.6 Å². The summed E-state index contributed by atoms with van der Waals surface area (Å²) in [6, 6.07) is 5.02. The first-order valence-corrected chi connectivity index (χ1v) is 6.61. The van der Waals surface area contributed by atoms with Gasteiger partial charge in [0.1, 0.15) is 0 Å². The molecule has 0 aliphatic rings. The van der Waals surface area contributed by atoms with Gasteiger partial charge in [-0.2, -0.15) is 0 Å². The number of hydrogen-bond acceptors (Lipinski definition) is 5. The van der Waals surface area contributed by atoms with Crippen LogP contribution in [-0.2, 0) is 19.6 Å². The van der Waals surface area contributed by atoms with Gasteiger partial charge in [0.05, 0.1) is 11.3 Å². The molecule has 0 fully saturated rings. The number of rotatable bonds is 6. The minimum Gasteiger partial charge on any atom is -0.481 e. The molecule has 0 saturated heterocycles. The van der Waals surface area contributed by atoms with Crippen molar-refractivity contribution in [3.05, 3.63) is 24.3 Å². The number of carbonyl (C=O) groups excluding carboxylic acids is 1. The number of anilines is 1. The van der Waals surface area contributed by atoms with Gasteiger partial charge in [0.25, 0.3) is 10.0 Å². The van der Waals surface area contributed by atoms with Crippen LogP contribution in [0.25, 0.3) is 0 Å². The van der Waals surface area contributed by atoms with E-state index in [1.54, 1.807) is 0 Å². The lowest BCUT2D eigenvalue weighted by Gasteiger charge is -2.05. The average Bonchev–Trinajstić information content (AvgIpc) is 2.37. The topological polar surface area (TPSA) is 133 Å². The van der Waals surface area contributed by atoms with Crippen molar-refractivity contribution in [1.29, 1.82) is 0 Å². The van der Waals surface area contributed by atoms with Gasteiger partial charge in [0.15, 0.2) is 0 Å². The Labute approximate surface area is 109 Å². The molecule has 0 aromatic heterocycles. The van der Waals surface area contributed by atoms with Crippen molar-refractivity contribution in [3.8, 4) is 0 Å². The monoisotopic (exact) mass is 288 g/mol. The summed E-state index contributed by atoms with van der Waals surface area (Å²) in [7, 11) is -3.95. The Morgan fingerprint density at radius 2 is 1.68 bits per heavy atom. The van der Waals surface area contributed by atoms with E-state index in [9.17, 15) is 18.0 Å². The molecular weight excluding hydrogens is 276 g/mol. The minimum absolute atomic E-state index is 0.168. The zero-order valence-electron chi connectivity index (χ0n) is 9.66. The predicted molar refractivity (Wildman–Crippen MR) is 64.0 cm³/mol. The van der Waals surface area contributed by atoms with E-state index in [2.05, 4.69) is 5.32 Å². The van der Waals surface area contributed by atoms with Crippen molar-refractivity contribution >= 4 is 27.6 Å². The Bertz CT molecular complexity index is 566. The van der Waals surface area contributed by atoms with Crippen LogP contribution in [0.3, 0.4) is 0 Å². The number of nitrogens with one attached hydrogen (secondary N) is 2. The fourth-order valence-electron chi connectivity index (χ4n) is 1.21. The Morgan fingerprint density at radius 3 is 2.16 bits per heavy atom. The van der Waals surface area contributed by atoms with Gasteiger partial charge in [-0.1, -0.05) is 4.89 Å². The SMILES string of the molecule is O=C(O)CCC(=O)Nc1ccc(S(=O)(=O)NO)cc1. The fraction of sp³-hybridized carbons (Fsp3) is 0.200. The van der Waals surface area contributed by atoms with Crippen molar-refractivity contribution in [2.45, 2.75) is 17.7 Å². The standard InChI is InChI=1S/C10H12N2O6S/c13-9(5-6-10(14)15)11-7-1-3-8(4-2-7)19(17,18)12-16/h1-4,12,16H,5-6H2,(H,11,13)(H,14,15). The van der Waals surface area contributed by atoms with E-state index in [4.69, 9.17) is 10.3 Å². The summed E-state index contributed by atoms with van der Waals surface area (Å²) in [6.07, 6.45) is -0.458. The maximum Gasteiger partial charge on any atom is 0.303 e. The maximum atomic E-state index is 11.3. The highest BCUT2D eigenvalue weighted by Crippen LogP contribution is 2.13. The van der Waals surface area contributed by atoms with Crippen LogP contribution in [0.1, 0.15) is 12.8 Å². The van der Waals surface area contributed by atoms with Gasteiger partial charge in [-0.25, -0.2) is 8.42 Å². The summed E-state index contributed by atoms with van der Waals surface area (Å²) in [5.74, 6) is -1.57. The van der Waals surface area contributed by atoms with E-state index < -0.39 is 21.9 Å². The molecule has 1 aromatic carbocycles. The highest BCUT2D eigenvalue weighted by molar-refractivity contribution is 7.89. The number of amides is 1. The lowest BCUT2D eigenvalue weighted by atomic mass is 10.2. The quantitative estimate of drug-likeness (QED) is 0.551. The summed E-state index contributed by atoms with van der Waals surface area (Å²) in [4.78, 5) is 22.6. The molecule has 9 heteroatoms. The van der Waals surface area contributed by atoms with Crippen molar-refractivity contribution in [2.24, 2.45) is 0 Å². The van der Waals surface area contributed by atoms with Gasteiger partial charge in [-0.15, -0.1) is 0 Å². The summed E-state index contributed by atoms with van der Waals surface area (Å²) >= 11 is 0. The molecule has 8 nitrogen and oxygen atoms in total. The summed E-state index contributed by atoms with van der Waals surface area (Å²) in [5, 5.41) is 19.2. The van der Waals surface area contributed by atoms with Gasteiger partial charge < -0.3 is 15.6 Å². The number of carboxylic acids is 1. The minimum atomic E-state index is -3.95. The molecular formula is C10H12N2O6S. The Kier molecular flexibility index (Phi) is 4.98. The van der Waals surface area contributed by atoms with Crippen LogP contribution in [0.15, 0.2) is 29.2 Å². The van der Waals surface area contributed by atoms with Crippen LogP contribution in [0, 0.1) is 0 Å². The van der Waals surface area contributed by atoms with E-state index >= 15 is 0 Å². The summed E-state index contributed by atoms with van der Waals surface area (Å²) in [5.41, 5.74) is 0.326. The van der Waals surface area contributed by atoms with E-state index in [1.165, 1.54) is 29.2 Å². The van der Waals surface area contributed by atoms with Gasteiger partial charge in [0, 0.05) is 12.1 Å². The van der Waals surface area contributed by atoms with Crippen LogP contribution < -0.4 is 10.2 Å². The maximum absolute atomic E-state index is 11.3. The van der Waals surface area contributed by atoms with E-state index in [-0.39, 0.29) is 17.7 Å². The molecule has 1 aromatic rings. The van der Waals surface area contributed by atoms with Gasteiger partial charge >= 0.3 is 5.97 Å². The second-order valence-electron chi connectivity index (χ2n) is 3.56. The number of benzene rings is 1. The first-order chi connectivity index (χ1) is 8.85. The number of carbonyl (C=O) groups is 2. The molecule has 1 rings (SSSR count). The molecule has 0 unspecified atom stereocenters. The number of hydrogen-bond donors (Lipinski definition) is 4. The smallest absolute Gasteiger partial charge is 0.303 e. The molecule has 19 heavy (non-hydrogen) atoms. The van der Waals surface area contributed by atoms with Gasteiger partial charge in [-0.05, 0) is 24.3 Å². The predicted octanol–water partition coefficient (Wildman–Crippen LogP) is 0.157. The van der Waals surface area contributed by atoms with Crippen LogP contribution in [0.5, 0.6) is 0 Å². The summed E-state index contributed by atoms with van der Waals surface area (Å²) in [6.45, 7) is 0. The Balaban J connectivity index is 2.67. The molecule has 1 amide bonds. The van der Waals surface area contributed by atoms with Crippen LogP contribution in [0.4, 0.5) is 5.69 Å². The second-order valence-corrected chi connectivity index (χ2v) is 5.22. The van der Waals surface area contributed by atoms with Crippen molar-refractivity contribution in [2.75, 3.05) is 5.32 Å². The van der Waals surface area contributed by atoms with Crippen LogP contribution in [0.2, 0.25) is 0 Å². The molecule has 104 valence electrons. The van der Waals surface area contributed by atoms with Crippen molar-refractivity contribution in [1.82, 2.24) is 4.89 Å². The Morgan fingerprint density at radius 1 is 1.11 bits per heavy atom. The molecule has 0 radical (unpaired) electrons. The largest absolute Gasteiger partial charge is 0.481 e. The molecule has 0 aliphatic carbocycles. The molecule has 4 N–H and O–H groups in total. The second kappa shape index (κ2) is 6.27. The fourth-order valence-corrected chi connectivity index (χ4v) is 1.81. The highest BCUT2D eigenvalue weighted by Gasteiger charge is 2.12. The molecule has 0 bridgehead atoms. The lowest BCUT2D eigenvalue weighted by Crippen LogP contribution is -2.19. The van der Waals surface area contributed by atoms with Gasteiger partial charge in [0.2, 0.25) is 5.91 Å². The normalized spacial score (nSPS) is 11.0. The van der Waals surface area contributed by atoms with Crippen molar-refractivity contribution in [3.63, 3.8) is 0 Å². The number of sulfonamides is 1. The van der Waals surface area contributed by atoms with E-state index in [1.807, 2.05) is 0 Å².